The van der Waals surface area contributed by atoms with Gasteiger partial charge in [-0.3, -0.25) is 25.0 Å². The lowest BCUT2D eigenvalue weighted by molar-refractivity contribution is -0.384. The average Bonchev–Trinajstić information content (AvgIpc) is 2.77. The Morgan fingerprint density at radius 3 is 2.30 bits per heavy atom. The second-order valence-corrected chi connectivity index (χ2v) is 7.99. The predicted octanol–water partition coefficient (Wildman–Crippen LogP) is 2.51. The molecule has 3 rings (SSSR count). The summed E-state index contributed by atoms with van der Waals surface area (Å²) in [5.74, 6) is -0.109. The maximum absolute atomic E-state index is 13.4. The van der Waals surface area contributed by atoms with Gasteiger partial charge in [-0.15, -0.1) is 0 Å². The van der Waals surface area contributed by atoms with Crippen LogP contribution in [0.25, 0.3) is 0 Å². The summed E-state index contributed by atoms with van der Waals surface area (Å²) in [4.78, 5) is 40.1. The van der Waals surface area contributed by atoms with Crippen molar-refractivity contribution in [2.45, 2.75) is 13.0 Å². The number of rotatable bonds is 6. The van der Waals surface area contributed by atoms with Crippen LogP contribution in [0.4, 0.5) is 28.4 Å². The number of hydrogen-bond acceptors (Lipinski definition) is 9. The quantitative estimate of drug-likeness (QED) is 0.391. The number of nitrogens with zero attached hydrogens (tertiary/aromatic N) is 5. The third-order valence-corrected chi connectivity index (χ3v) is 5.67. The molecule has 12 nitrogen and oxygen atoms in total. The van der Waals surface area contributed by atoms with E-state index < -0.39 is 9.85 Å². The molecule has 12 heteroatoms. The number of hydrogen-bond donors (Lipinski definition) is 1. The Bertz CT molecular complexity index is 1100. The Labute approximate surface area is 190 Å². The second-order valence-electron chi connectivity index (χ2n) is 7.99. The van der Waals surface area contributed by atoms with E-state index in [1.54, 1.807) is 36.0 Å². The molecule has 0 radical (unpaired) electrons. The predicted molar refractivity (Wildman–Crippen MR) is 124 cm³/mol. The lowest BCUT2D eigenvalue weighted by Crippen LogP contribution is -2.54. The highest BCUT2D eigenvalue weighted by atomic mass is 16.6. The molecule has 0 saturated carbocycles. The first-order valence-corrected chi connectivity index (χ1v) is 10.2. The molecule has 1 atom stereocenters. The molecule has 0 aromatic heterocycles. The summed E-state index contributed by atoms with van der Waals surface area (Å²) in [6.45, 7) is 3.15. The number of piperazine rings is 1. The van der Waals surface area contributed by atoms with Gasteiger partial charge in [-0.05, 0) is 19.1 Å². The van der Waals surface area contributed by atoms with Gasteiger partial charge in [0.25, 0.3) is 17.3 Å². The summed E-state index contributed by atoms with van der Waals surface area (Å²) in [6.07, 6.45) is 0. The highest BCUT2D eigenvalue weighted by Gasteiger charge is 2.32. The third-order valence-electron chi connectivity index (χ3n) is 5.67. The summed E-state index contributed by atoms with van der Waals surface area (Å²) >= 11 is 0. The van der Waals surface area contributed by atoms with Crippen molar-refractivity contribution in [2.75, 3.05) is 56.4 Å². The highest BCUT2D eigenvalue weighted by Crippen LogP contribution is 2.36. The fourth-order valence-corrected chi connectivity index (χ4v) is 3.95. The monoisotopic (exact) mass is 458 g/mol. The molecule has 0 bridgehead atoms. The van der Waals surface area contributed by atoms with Crippen LogP contribution in [0.1, 0.15) is 17.3 Å². The minimum absolute atomic E-state index is 0.0710. The summed E-state index contributed by atoms with van der Waals surface area (Å²) in [7, 11) is 4.77. The van der Waals surface area contributed by atoms with Crippen LogP contribution in [0.3, 0.4) is 0 Å². The number of amides is 1. The molecule has 0 aliphatic carbocycles. The smallest absolute Gasteiger partial charge is 0.293 e. The van der Waals surface area contributed by atoms with Gasteiger partial charge in [-0.2, -0.15) is 0 Å². The van der Waals surface area contributed by atoms with Gasteiger partial charge in [-0.1, -0.05) is 0 Å². The van der Waals surface area contributed by atoms with E-state index in [1.807, 2.05) is 11.8 Å². The standard InChI is InChI=1S/C21H26N6O6/c1-13-12-24(14-5-6-17(26(29)30)16(22)9-14)7-8-25(13)21(28)15-10-19(27(31)32)18(23(2)3)11-20(15)33-4/h5-6,9-11,13H,7-8,12,22H2,1-4H3. The zero-order valence-corrected chi connectivity index (χ0v) is 18.8. The number of ether oxygens (including phenoxy) is 1. The molecule has 2 aromatic rings. The molecule has 1 saturated heterocycles. The fourth-order valence-electron chi connectivity index (χ4n) is 3.95. The number of nitro benzene ring substituents is 2. The van der Waals surface area contributed by atoms with Crippen molar-refractivity contribution in [2.24, 2.45) is 0 Å². The second kappa shape index (κ2) is 9.18. The third kappa shape index (κ3) is 4.59. The van der Waals surface area contributed by atoms with Crippen LogP contribution in [0, 0.1) is 20.2 Å². The Balaban J connectivity index is 1.85. The topological polar surface area (TPSA) is 148 Å². The number of nitrogen functional groups attached to an aromatic ring is 1. The van der Waals surface area contributed by atoms with E-state index in [9.17, 15) is 25.0 Å². The van der Waals surface area contributed by atoms with E-state index in [-0.39, 0.29) is 40.3 Å². The molecule has 1 aliphatic heterocycles. The fraction of sp³-hybridized carbons (Fsp3) is 0.381. The minimum Gasteiger partial charge on any atom is -0.496 e. The van der Waals surface area contributed by atoms with E-state index in [4.69, 9.17) is 10.5 Å². The van der Waals surface area contributed by atoms with Gasteiger partial charge in [0, 0.05) is 63.7 Å². The van der Waals surface area contributed by atoms with Gasteiger partial charge in [0.2, 0.25) is 0 Å². The van der Waals surface area contributed by atoms with Gasteiger partial charge < -0.3 is 25.2 Å². The zero-order valence-electron chi connectivity index (χ0n) is 18.8. The first-order valence-electron chi connectivity index (χ1n) is 10.2. The maximum atomic E-state index is 13.4. The normalized spacial score (nSPS) is 15.8. The van der Waals surface area contributed by atoms with Gasteiger partial charge in [0.05, 0.1) is 22.5 Å². The molecule has 176 valence electrons. The van der Waals surface area contributed by atoms with Crippen molar-refractivity contribution in [3.63, 3.8) is 0 Å². The Morgan fingerprint density at radius 1 is 1.12 bits per heavy atom. The largest absolute Gasteiger partial charge is 0.496 e. The number of methoxy groups -OCH3 is 1. The Kier molecular flexibility index (Phi) is 6.56. The van der Waals surface area contributed by atoms with Crippen LogP contribution < -0.4 is 20.3 Å². The molecule has 1 amide bonds. The zero-order chi connectivity index (χ0) is 24.4. The summed E-state index contributed by atoms with van der Waals surface area (Å²) in [5.41, 5.74) is 6.72. The molecular weight excluding hydrogens is 432 g/mol. The Morgan fingerprint density at radius 2 is 1.79 bits per heavy atom. The number of anilines is 3. The van der Waals surface area contributed by atoms with Gasteiger partial charge in [0.15, 0.2) is 0 Å². The molecular formula is C21H26N6O6. The number of carbonyl (C=O) groups is 1. The molecule has 1 aliphatic rings. The number of nitrogens with two attached hydrogens (primary N) is 1. The Hall–Kier alpha value is -4.09. The van der Waals surface area contributed by atoms with E-state index in [2.05, 4.69) is 0 Å². The lowest BCUT2D eigenvalue weighted by atomic mass is 10.1. The molecule has 1 fully saturated rings. The molecule has 0 spiro atoms. The van der Waals surface area contributed by atoms with Crippen LogP contribution >= 0.6 is 0 Å². The van der Waals surface area contributed by atoms with Crippen molar-refractivity contribution < 1.29 is 19.4 Å². The first kappa shape index (κ1) is 23.6. The lowest BCUT2D eigenvalue weighted by Gasteiger charge is -2.41. The van der Waals surface area contributed by atoms with Crippen LogP contribution in [-0.2, 0) is 0 Å². The molecule has 2 N–H and O–H groups in total. The SMILES string of the molecule is COc1cc(N(C)C)c([N+](=O)[O-])cc1C(=O)N1CCN(c2ccc([N+](=O)[O-])c(N)c2)CC1C. The summed E-state index contributed by atoms with van der Waals surface area (Å²) < 4.78 is 5.38. The van der Waals surface area contributed by atoms with Gasteiger partial charge in [-0.25, -0.2) is 0 Å². The molecule has 2 aromatic carbocycles. The summed E-state index contributed by atoms with van der Waals surface area (Å²) in [6, 6.07) is 7.06. The van der Waals surface area contributed by atoms with Crippen molar-refractivity contribution in [3.8, 4) is 5.75 Å². The number of benzene rings is 2. The van der Waals surface area contributed by atoms with E-state index >= 15 is 0 Å². The number of nitro groups is 2. The highest BCUT2D eigenvalue weighted by molar-refractivity contribution is 5.99. The van der Waals surface area contributed by atoms with E-state index in [1.165, 1.54) is 25.3 Å². The van der Waals surface area contributed by atoms with Gasteiger partial charge >= 0.3 is 0 Å². The van der Waals surface area contributed by atoms with Crippen molar-refractivity contribution in [1.82, 2.24) is 4.90 Å². The van der Waals surface area contributed by atoms with Gasteiger partial charge in [0.1, 0.15) is 17.1 Å². The number of carbonyl (C=O) groups excluding carboxylic acids is 1. The first-order chi connectivity index (χ1) is 15.5. The minimum atomic E-state index is -0.535. The van der Waals surface area contributed by atoms with Crippen LogP contribution in [0.15, 0.2) is 30.3 Å². The molecule has 33 heavy (non-hydrogen) atoms. The van der Waals surface area contributed by atoms with Crippen LogP contribution in [0.2, 0.25) is 0 Å². The van der Waals surface area contributed by atoms with E-state index in [0.717, 1.165) is 5.69 Å². The molecule has 1 unspecified atom stereocenters. The maximum Gasteiger partial charge on any atom is 0.293 e. The van der Waals surface area contributed by atoms with Crippen LogP contribution in [0.5, 0.6) is 5.75 Å². The van der Waals surface area contributed by atoms with Crippen LogP contribution in [-0.4, -0.2) is 67.5 Å². The molecule has 1 heterocycles. The van der Waals surface area contributed by atoms with E-state index in [0.29, 0.717) is 25.3 Å². The van der Waals surface area contributed by atoms with Crippen molar-refractivity contribution >= 4 is 34.3 Å². The summed E-state index contributed by atoms with van der Waals surface area (Å²) in [5, 5.41) is 22.6. The van der Waals surface area contributed by atoms with Crippen molar-refractivity contribution in [1.29, 1.82) is 0 Å². The average molecular weight is 458 g/mol. The van der Waals surface area contributed by atoms with Crippen molar-refractivity contribution in [3.05, 3.63) is 56.1 Å².